The lowest BCUT2D eigenvalue weighted by atomic mass is 10.0. The van der Waals surface area contributed by atoms with Gasteiger partial charge in [-0.15, -0.1) is 11.3 Å². The topological polar surface area (TPSA) is 46.2 Å². The van der Waals surface area contributed by atoms with Crippen LogP contribution < -0.4 is 4.72 Å². The summed E-state index contributed by atoms with van der Waals surface area (Å²) in [5.41, 5.74) is 3.20. The van der Waals surface area contributed by atoms with Gasteiger partial charge in [-0.2, -0.15) is 0 Å². The van der Waals surface area contributed by atoms with Crippen LogP contribution in [0, 0.1) is 13.8 Å². The Hall–Kier alpha value is -1.17. The van der Waals surface area contributed by atoms with Crippen LogP contribution in [0.4, 0.5) is 0 Å². The molecule has 1 aromatic heterocycles. The Labute approximate surface area is 118 Å². The first-order valence-electron chi connectivity index (χ1n) is 6.10. The molecule has 0 unspecified atom stereocenters. The van der Waals surface area contributed by atoms with Crippen molar-refractivity contribution in [2.24, 2.45) is 0 Å². The first kappa shape index (κ1) is 14.2. The van der Waals surface area contributed by atoms with Crippen molar-refractivity contribution in [3.8, 4) is 11.1 Å². The van der Waals surface area contributed by atoms with E-state index in [0.29, 0.717) is 11.4 Å². The van der Waals surface area contributed by atoms with Gasteiger partial charge in [0.1, 0.15) is 0 Å². The molecule has 0 aliphatic carbocycles. The molecule has 0 atom stereocenters. The molecule has 3 nitrogen and oxygen atoms in total. The third kappa shape index (κ3) is 3.05. The van der Waals surface area contributed by atoms with Gasteiger partial charge < -0.3 is 0 Å². The average molecular weight is 295 g/mol. The SMILES string of the molecule is CCNS(=O)(=O)c1ccc(-c2csc(C)c2)c(C)c1. The predicted octanol–water partition coefficient (Wildman–Crippen LogP) is 3.33. The van der Waals surface area contributed by atoms with E-state index in [-0.39, 0.29) is 0 Å². The Morgan fingerprint density at radius 1 is 1.21 bits per heavy atom. The maximum Gasteiger partial charge on any atom is 0.240 e. The lowest BCUT2D eigenvalue weighted by Crippen LogP contribution is -2.23. The van der Waals surface area contributed by atoms with Crippen LogP contribution in [0.5, 0.6) is 0 Å². The Kier molecular flexibility index (Phi) is 4.08. The predicted molar refractivity (Wildman–Crippen MR) is 80.1 cm³/mol. The molecule has 0 radical (unpaired) electrons. The van der Waals surface area contributed by atoms with Gasteiger partial charge in [0.2, 0.25) is 10.0 Å². The number of thiophene rings is 1. The third-order valence-corrected chi connectivity index (χ3v) is 5.29. The first-order valence-corrected chi connectivity index (χ1v) is 8.46. The summed E-state index contributed by atoms with van der Waals surface area (Å²) in [5.74, 6) is 0. The molecule has 1 N–H and O–H groups in total. The molecule has 0 aliphatic heterocycles. The lowest BCUT2D eigenvalue weighted by molar-refractivity contribution is 0.584. The number of benzene rings is 1. The van der Waals surface area contributed by atoms with E-state index in [2.05, 4.69) is 23.1 Å². The number of rotatable bonds is 4. The van der Waals surface area contributed by atoms with Crippen molar-refractivity contribution < 1.29 is 8.42 Å². The van der Waals surface area contributed by atoms with Gasteiger partial charge in [0.05, 0.1) is 4.90 Å². The molecule has 2 rings (SSSR count). The van der Waals surface area contributed by atoms with Gasteiger partial charge in [0.25, 0.3) is 0 Å². The van der Waals surface area contributed by atoms with Crippen molar-refractivity contribution in [3.05, 3.63) is 40.1 Å². The normalized spacial score (nSPS) is 11.7. The molecule has 2 aromatic rings. The summed E-state index contributed by atoms with van der Waals surface area (Å²) in [6.07, 6.45) is 0. The Morgan fingerprint density at radius 2 is 1.95 bits per heavy atom. The van der Waals surface area contributed by atoms with E-state index < -0.39 is 10.0 Å². The zero-order valence-electron chi connectivity index (χ0n) is 11.2. The molecule has 0 spiro atoms. The third-order valence-electron chi connectivity index (χ3n) is 2.88. The maximum atomic E-state index is 11.9. The molecular formula is C14H17NO2S2. The highest BCUT2D eigenvalue weighted by molar-refractivity contribution is 7.89. The monoisotopic (exact) mass is 295 g/mol. The van der Waals surface area contributed by atoms with Crippen LogP contribution in [0.25, 0.3) is 11.1 Å². The van der Waals surface area contributed by atoms with E-state index in [0.717, 1.165) is 16.7 Å². The van der Waals surface area contributed by atoms with Crippen LogP contribution in [-0.2, 0) is 10.0 Å². The minimum atomic E-state index is -3.37. The second kappa shape index (κ2) is 5.45. The van der Waals surface area contributed by atoms with Gasteiger partial charge in [0.15, 0.2) is 0 Å². The summed E-state index contributed by atoms with van der Waals surface area (Å²) < 4.78 is 26.4. The van der Waals surface area contributed by atoms with Crippen LogP contribution in [0.1, 0.15) is 17.4 Å². The molecule has 0 bridgehead atoms. The minimum Gasteiger partial charge on any atom is -0.211 e. The van der Waals surface area contributed by atoms with E-state index in [4.69, 9.17) is 0 Å². The Morgan fingerprint density at radius 3 is 2.47 bits per heavy atom. The summed E-state index contributed by atoms with van der Waals surface area (Å²) >= 11 is 1.70. The van der Waals surface area contributed by atoms with E-state index in [1.54, 1.807) is 30.4 Å². The van der Waals surface area contributed by atoms with Crippen LogP contribution in [0.2, 0.25) is 0 Å². The molecule has 1 heterocycles. The molecule has 19 heavy (non-hydrogen) atoms. The van der Waals surface area contributed by atoms with Crippen molar-refractivity contribution in [1.29, 1.82) is 0 Å². The van der Waals surface area contributed by atoms with Gasteiger partial charge in [-0.3, -0.25) is 0 Å². The van der Waals surface area contributed by atoms with E-state index >= 15 is 0 Å². The molecule has 0 saturated heterocycles. The highest BCUT2D eigenvalue weighted by Gasteiger charge is 2.14. The maximum absolute atomic E-state index is 11.9. The number of hydrogen-bond donors (Lipinski definition) is 1. The molecule has 0 saturated carbocycles. The van der Waals surface area contributed by atoms with Crippen molar-refractivity contribution in [3.63, 3.8) is 0 Å². The zero-order chi connectivity index (χ0) is 14.0. The second-order valence-corrected chi connectivity index (χ2v) is 7.31. The highest BCUT2D eigenvalue weighted by atomic mass is 32.2. The first-order chi connectivity index (χ1) is 8.94. The number of hydrogen-bond acceptors (Lipinski definition) is 3. The van der Waals surface area contributed by atoms with E-state index in [1.807, 2.05) is 13.0 Å². The van der Waals surface area contributed by atoms with Crippen molar-refractivity contribution in [1.82, 2.24) is 4.72 Å². The zero-order valence-corrected chi connectivity index (χ0v) is 12.9. The molecule has 5 heteroatoms. The Bertz CT molecular complexity index is 687. The average Bonchev–Trinajstić information content (AvgIpc) is 2.75. The van der Waals surface area contributed by atoms with Crippen LogP contribution in [0.3, 0.4) is 0 Å². The standard InChI is InChI=1S/C14H17NO2S2/c1-4-15-19(16,17)13-5-6-14(10(2)7-13)12-8-11(3)18-9-12/h5-9,15H,4H2,1-3H3. The molecule has 0 amide bonds. The van der Waals surface area contributed by atoms with Crippen LogP contribution in [0.15, 0.2) is 34.5 Å². The number of nitrogens with one attached hydrogen (secondary N) is 1. The van der Waals surface area contributed by atoms with Gasteiger partial charge in [0, 0.05) is 11.4 Å². The van der Waals surface area contributed by atoms with Crippen LogP contribution in [-0.4, -0.2) is 15.0 Å². The van der Waals surface area contributed by atoms with Gasteiger partial charge in [-0.1, -0.05) is 13.0 Å². The number of aryl methyl sites for hydroxylation is 2. The molecule has 1 aromatic carbocycles. The fraction of sp³-hybridized carbons (Fsp3) is 0.286. The quantitative estimate of drug-likeness (QED) is 0.940. The summed E-state index contributed by atoms with van der Waals surface area (Å²) in [6, 6.07) is 7.38. The van der Waals surface area contributed by atoms with Gasteiger partial charge in [-0.25, -0.2) is 13.1 Å². The van der Waals surface area contributed by atoms with E-state index in [1.165, 1.54) is 4.88 Å². The largest absolute Gasteiger partial charge is 0.240 e. The summed E-state index contributed by atoms with van der Waals surface area (Å²) in [4.78, 5) is 1.57. The van der Waals surface area contributed by atoms with Gasteiger partial charge in [-0.05, 0) is 54.1 Å². The fourth-order valence-electron chi connectivity index (χ4n) is 1.99. The fourth-order valence-corrected chi connectivity index (χ4v) is 3.81. The van der Waals surface area contributed by atoms with Crippen molar-refractivity contribution in [2.45, 2.75) is 25.7 Å². The lowest BCUT2D eigenvalue weighted by Gasteiger charge is -2.08. The van der Waals surface area contributed by atoms with Crippen molar-refractivity contribution in [2.75, 3.05) is 6.54 Å². The molecule has 0 fully saturated rings. The minimum absolute atomic E-state index is 0.322. The van der Waals surface area contributed by atoms with E-state index in [9.17, 15) is 8.42 Å². The van der Waals surface area contributed by atoms with Crippen LogP contribution >= 0.6 is 11.3 Å². The summed E-state index contributed by atoms with van der Waals surface area (Å²) in [5, 5.41) is 2.09. The van der Waals surface area contributed by atoms with Gasteiger partial charge >= 0.3 is 0 Å². The summed E-state index contributed by atoms with van der Waals surface area (Å²) in [7, 11) is -3.37. The second-order valence-electron chi connectivity index (χ2n) is 4.42. The highest BCUT2D eigenvalue weighted by Crippen LogP contribution is 2.29. The molecule has 102 valence electrons. The molecule has 0 aliphatic rings. The smallest absolute Gasteiger partial charge is 0.211 e. The summed E-state index contributed by atoms with van der Waals surface area (Å²) in [6.45, 7) is 6.17. The molecular weight excluding hydrogens is 278 g/mol. The van der Waals surface area contributed by atoms with Crippen molar-refractivity contribution >= 4 is 21.4 Å². The Balaban J connectivity index is 2.43. The number of sulfonamides is 1.